The maximum absolute atomic E-state index is 12.9. The van der Waals surface area contributed by atoms with Gasteiger partial charge in [-0.25, -0.2) is 4.98 Å². The van der Waals surface area contributed by atoms with Crippen LogP contribution in [0.4, 0.5) is 0 Å². The standard InChI is InChI=1S/C21H12Cl2N2O2/c22-13-5-3-12(4-6-13)11-27-20-15-8-7-14(23)10-16(15)24-19-17-2-1-9-25(17)21(26)18(19)20/h1-10H,11H2. The molecule has 0 atom stereocenters. The Kier molecular flexibility index (Phi) is 3.71. The predicted molar refractivity (Wildman–Crippen MR) is 106 cm³/mol. The second kappa shape index (κ2) is 6.12. The summed E-state index contributed by atoms with van der Waals surface area (Å²) in [7, 11) is 0. The minimum atomic E-state index is -0.138. The largest absolute Gasteiger partial charge is 0.487 e. The van der Waals surface area contributed by atoms with E-state index in [1.54, 1.807) is 22.9 Å². The predicted octanol–water partition coefficient (Wildman–Crippen LogP) is 5.59. The summed E-state index contributed by atoms with van der Waals surface area (Å²) in [4.78, 5) is 17.6. The van der Waals surface area contributed by atoms with Crippen molar-refractivity contribution in [2.24, 2.45) is 0 Å². The highest BCUT2D eigenvalue weighted by molar-refractivity contribution is 6.31. The second-order valence-corrected chi connectivity index (χ2v) is 7.18. The van der Waals surface area contributed by atoms with Crippen molar-refractivity contribution in [1.82, 2.24) is 9.55 Å². The van der Waals surface area contributed by atoms with Crippen LogP contribution in [0.5, 0.6) is 5.75 Å². The van der Waals surface area contributed by atoms with Crippen LogP contribution in [0, 0.1) is 0 Å². The lowest BCUT2D eigenvalue weighted by molar-refractivity contribution is 0.0965. The molecule has 0 saturated carbocycles. The maximum atomic E-state index is 12.9. The van der Waals surface area contributed by atoms with E-state index in [-0.39, 0.29) is 5.91 Å². The van der Waals surface area contributed by atoms with Crippen molar-refractivity contribution >= 4 is 40.0 Å². The van der Waals surface area contributed by atoms with Crippen molar-refractivity contribution in [2.75, 3.05) is 0 Å². The number of rotatable bonds is 3. The first-order chi connectivity index (χ1) is 13.1. The SMILES string of the molecule is O=C1c2c(nc3cc(Cl)ccc3c2OCc2ccc(Cl)cc2)-c2cccn21. The zero-order chi connectivity index (χ0) is 18.5. The Balaban J connectivity index is 1.67. The van der Waals surface area contributed by atoms with Crippen molar-refractivity contribution in [3.63, 3.8) is 0 Å². The van der Waals surface area contributed by atoms with Crippen molar-refractivity contribution in [3.05, 3.63) is 82.0 Å². The second-order valence-electron chi connectivity index (χ2n) is 6.31. The zero-order valence-electron chi connectivity index (χ0n) is 13.9. The summed E-state index contributed by atoms with van der Waals surface area (Å²) < 4.78 is 7.73. The lowest BCUT2D eigenvalue weighted by atomic mass is 10.1. The van der Waals surface area contributed by atoms with Gasteiger partial charge < -0.3 is 4.74 Å². The first kappa shape index (κ1) is 16.4. The summed E-state index contributed by atoms with van der Waals surface area (Å²) in [6, 6.07) is 16.5. The molecule has 4 aromatic rings. The van der Waals surface area contributed by atoms with E-state index in [1.807, 2.05) is 42.5 Å². The molecule has 4 nitrogen and oxygen atoms in total. The van der Waals surface area contributed by atoms with Crippen LogP contribution in [-0.2, 0) is 6.61 Å². The van der Waals surface area contributed by atoms with Crippen LogP contribution in [-0.4, -0.2) is 15.5 Å². The van der Waals surface area contributed by atoms with Crippen molar-refractivity contribution < 1.29 is 9.53 Å². The monoisotopic (exact) mass is 394 g/mol. The van der Waals surface area contributed by atoms with Crippen molar-refractivity contribution in [3.8, 4) is 17.1 Å². The van der Waals surface area contributed by atoms with Gasteiger partial charge in [-0.3, -0.25) is 9.36 Å². The molecule has 132 valence electrons. The van der Waals surface area contributed by atoms with Gasteiger partial charge in [0, 0.05) is 21.6 Å². The molecule has 0 amide bonds. The number of aromatic nitrogens is 2. The Morgan fingerprint density at radius 2 is 1.78 bits per heavy atom. The molecule has 0 unspecified atom stereocenters. The third-order valence-corrected chi connectivity index (χ3v) is 5.11. The van der Waals surface area contributed by atoms with Crippen LogP contribution >= 0.6 is 23.2 Å². The number of pyridine rings is 1. The number of carbonyl (C=O) groups is 1. The molecule has 3 heterocycles. The van der Waals surface area contributed by atoms with Gasteiger partial charge in [0.15, 0.2) is 0 Å². The normalized spacial score (nSPS) is 12.3. The van der Waals surface area contributed by atoms with Crippen LogP contribution in [0.15, 0.2) is 60.8 Å². The molecule has 5 rings (SSSR count). The Hall–Kier alpha value is -2.82. The minimum absolute atomic E-state index is 0.138. The van der Waals surface area contributed by atoms with Crippen molar-refractivity contribution in [2.45, 2.75) is 6.61 Å². The van der Waals surface area contributed by atoms with Crippen LogP contribution in [0.3, 0.4) is 0 Å². The van der Waals surface area contributed by atoms with Crippen LogP contribution in [0.2, 0.25) is 10.0 Å². The van der Waals surface area contributed by atoms with Crippen LogP contribution in [0.25, 0.3) is 22.3 Å². The van der Waals surface area contributed by atoms with Crippen molar-refractivity contribution in [1.29, 1.82) is 0 Å². The van der Waals surface area contributed by atoms with E-state index >= 15 is 0 Å². The summed E-state index contributed by atoms with van der Waals surface area (Å²) in [5.41, 5.74) is 3.50. The fraction of sp³-hybridized carbons (Fsp3) is 0.0476. The highest BCUT2D eigenvalue weighted by Gasteiger charge is 2.32. The fourth-order valence-corrected chi connectivity index (χ4v) is 3.64. The zero-order valence-corrected chi connectivity index (χ0v) is 15.5. The molecule has 0 aliphatic carbocycles. The molecule has 1 aliphatic rings. The number of ether oxygens (including phenoxy) is 1. The van der Waals surface area contributed by atoms with Gasteiger partial charge in [-0.1, -0.05) is 35.3 Å². The van der Waals surface area contributed by atoms with E-state index in [0.717, 1.165) is 16.6 Å². The molecule has 2 aromatic carbocycles. The van der Waals surface area contributed by atoms with E-state index in [1.165, 1.54) is 0 Å². The van der Waals surface area contributed by atoms with E-state index in [2.05, 4.69) is 4.98 Å². The summed E-state index contributed by atoms with van der Waals surface area (Å²) >= 11 is 12.1. The lowest BCUT2D eigenvalue weighted by Gasteiger charge is -2.13. The fourth-order valence-electron chi connectivity index (χ4n) is 3.35. The van der Waals surface area contributed by atoms with Crippen LogP contribution in [0.1, 0.15) is 15.9 Å². The molecular weight excluding hydrogens is 383 g/mol. The maximum Gasteiger partial charge on any atom is 0.268 e. The molecule has 2 aromatic heterocycles. The average Bonchev–Trinajstić information content (AvgIpc) is 3.24. The number of carbonyl (C=O) groups excluding carboxylic acids is 1. The molecule has 0 N–H and O–H groups in total. The van der Waals surface area contributed by atoms with E-state index in [9.17, 15) is 4.79 Å². The Labute approximate surface area is 164 Å². The number of benzene rings is 2. The summed E-state index contributed by atoms with van der Waals surface area (Å²) in [5.74, 6) is 0.385. The van der Waals surface area contributed by atoms with Gasteiger partial charge in [0.05, 0.1) is 11.2 Å². The summed E-state index contributed by atoms with van der Waals surface area (Å²) in [6.07, 6.45) is 1.74. The topological polar surface area (TPSA) is 44.1 Å². The summed E-state index contributed by atoms with van der Waals surface area (Å²) in [5, 5.41) is 2.00. The summed E-state index contributed by atoms with van der Waals surface area (Å²) in [6.45, 7) is 0.313. The number of hydrogen-bond donors (Lipinski definition) is 0. The molecule has 1 aliphatic heterocycles. The smallest absolute Gasteiger partial charge is 0.268 e. The lowest BCUT2D eigenvalue weighted by Crippen LogP contribution is -2.08. The Morgan fingerprint density at radius 3 is 2.59 bits per heavy atom. The minimum Gasteiger partial charge on any atom is -0.487 e. The van der Waals surface area contributed by atoms with Gasteiger partial charge >= 0.3 is 0 Å². The molecule has 0 spiro atoms. The number of nitrogens with zero attached hydrogens (tertiary/aromatic N) is 2. The highest BCUT2D eigenvalue weighted by Crippen LogP contribution is 2.41. The molecule has 6 heteroatoms. The van der Waals surface area contributed by atoms with E-state index < -0.39 is 0 Å². The quantitative estimate of drug-likeness (QED) is 0.400. The third kappa shape index (κ3) is 2.60. The van der Waals surface area contributed by atoms with Gasteiger partial charge in [0.2, 0.25) is 0 Å². The van der Waals surface area contributed by atoms with Crippen LogP contribution < -0.4 is 4.74 Å². The van der Waals surface area contributed by atoms with Gasteiger partial charge in [-0.15, -0.1) is 0 Å². The molecular formula is C21H12Cl2N2O2. The molecule has 0 saturated heterocycles. The number of hydrogen-bond acceptors (Lipinski definition) is 3. The highest BCUT2D eigenvalue weighted by atomic mass is 35.5. The first-order valence-corrected chi connectivity index (χ1v) is 9.10. The molecule has 0 bridgehead atoms. The van der Waals surface area contributed by atoms with E-state index in [0.29, 0.717) is 39.2 Å². The number of fused-ring (bicyclic) bond motifs is 4. The van der Waals surface area contributed by atoms with E-state index in [4.69, 9.17) is 27.9 Å². The van der Waals surface area contributed by atoms with Gasteiger partial charge in [-0.05, 0) is 48.0 Å². The first-order valence-electron chi connectivity index (χ1n) is 8.35. The third-order valence-electron chi connectivity index (χ3n) is 4.62. The average molecular weight is 395 g/mol. The molecule has 0 fully saturated rings. The molecule has 27 heavy (non-hydrogen) atoms. The molecule has 0 radical (unpaired) electrons. The Morgan fingerprint density at radius 1 is 1.00 bits per heavy atom. The van der Waals surface area contributed by atoms with Gasteiger partial charge in [-0.2, -0.15) is 0 Å². The van der Waals surface area contributed by atoms with Gasteiger partial charge in [0.25, 0.3) is 5.91 Å². The van der Waals surface area contributed by atoms with Gasteiger partial charge in [0.1, 0.15) is 23.6 Å². The Bertz CT molecular complexity index is 1210. The number of halogens is 2.